The third kappa shape index (κ3) is 5.38. The number of alkyl halides is 3. The second kappa shape index (κ2) is 9.29. The quantitative estimate of drug-likeness (QED) is 0.395. The molecule has 7 nitrogen and oxygen atoms in total. The van der Waals surface area contributed by atoms with Crippen LogP contribution in [0.2, 0.25) is 0 Å². The molecule has 1 aliphatic rings. The SMILES string of the molecule is CC[C@@H](/C=C/C(=O)N1CCc2ccccc21)NC(=O)[C@](N)(CC)OC(=O)C(F)(F)F. The van der Waals surface area contributed by atoms with Gasteiger partial charge in [0.05, 0.1) is 0 Å². The van der Waals surface area contributed by atoms with Crippen LogP contribution < -0.4 is 16.0 Å². The van der Waals surface area contributed by atoms with E-state index >= 15 is 0 Å². The first kappa shape index (κ1) is 23.4. The van der Waals surface area contributed by atoms with Crippen LogP contribution in [0.3, 0.4) is 0 Å². The van der Waals surface area contributed by atoms with Crippen LogP contribution in [0.15, 0.2) is 36.4 Å². The minimum atomic E-state index is -5.28. The Morgan fingerprint density at radius 1 is 1.27 bits per heavy atom. The lowest BCUT2D eigenvalue weighted by Gasteiger charge is -2.28. The fourth-order valence-electron chi connectivity index (χ4n) is 2.93. The number of hydrogen-bond acceptors (Lipinski definition) is 5. The molecule has 1 aromatic carbocycles. The van der Waals surface area contributed by atoms with E-state index in [-0.39, 0.29) is 12.3 Å². The first-order chi connectivity index (χ1) is 14.0. The summed E-state index contributed by atoms with van der Waals surface area (Å²) >= 11 is 0. The molecule has 2 amide bonds. The topological polar surface area (TPSA) is 102 Å². The first-order valence-corrected chi connectivity index (χ1v) is 9.49. The average Bonchev–Trinajstić information content (AvgIpc) is 3.14. The minimum Gasteiger partial charge on any atom is -0.428 e. The van der Waals surface area contributed by atoms with Crippen molar-refractivity contribution in [1.29, 1.82) is 0 Å². The number of benzene rings is 1. The fraction of sp³-hybridized carbons (Fsp3) is 0.450. The first-order valence-electron chi connectivity index (χ1n) is 9.49. The highest BCUT2D eigenvalue weighted by molar-refractivity contribution is 6.03. The number of carbonyl (C=O) groups is 3. The van der Waals surface area contributed by atoms with Gasteiger partial charge in [0.25, 0.3) is 11.8 Å². The molecular formula is C20H24F3N3O4. The summed E-state index contributed by atoms with van der Waals surface area (Å²) in [4.78, 5) is 37.6. The fourth-order valence-corrected chi connectivity index (χ4v) is 2.93. The number of nitrogens with zero attached hydrogens (tertiary/aromatic N) is 1. The predicted octanol–water partition coefficient (Wildman–Crippen LogP) is 2.20. The molecule has 30 heavy (non-hydrogen) atoms. The number of ether oxygens (including phenoxy) is 1. The molecule has 10 heteroatoms. The maximum absolute atomic E-state index is 12.5. The monoisotopic (exact) mass is 427 g/mol. The van der Waals surface area contributed by atoms with Crippen molar-refractivity contribution in [1.82, 2.24) is 5.32 Å². The summed E-state index contributed by atoms with van der Waals surface area (Å²) in [7, 11) is 0. The summed E-state index contributed by atoms with van der Waals surface area (Å²) in [5.41, 5.74) is 4.99. The van der Waals surface area contributed by atoms with Crippen LogP contribution in [0.1, 0.15) is 32.3 Å². The Kier molecular flexibility index (Phi) is 7.25. The van der Waals surface area contributed by atoms with Gasteiger partial charge in [0, 0.05) is 30.8 Å². The van der Waals surface area contributed by atoms with Crippen LogP contribution in [0.5, 0.6) is 0 Å². The van der Waals surface area contributed by atoms with Crippen LogP contribution in [0.25, 0.3) is 0 Å². The van der Waals surface area contributed by atoms with Gasteiger partial charge in [-0.05, 0) is 24.5 Å². The second-order valence-corrected chi connectivity index (χ2v) is 6.85. The molecule has 3 N–H and O–H groups in total. The second-order valence-electron chi connectivity index (χ2n) is 6.85. The highest BCUT2D eigenvalue weighted by Gasteiger charge is 2.47. The van der Waals surface area contributed by atoms with Gasteiger partial charge in [-0.1, -0.05) is 38.1 Å². The van der Waals surface area contributed by atoms with Gasteiger partial charge in [-0.2, -0.15) is 13.2 Å². The zero-order valence-corrected chi connectivity index (χ0v) is 16.7. The zero-order chi connectivity index (χ0) is 22.5. The van der Waals surface area contributed by atoms with E-state index in [1.54, 1.807) is 11.8 Å². The van der Waals surface area contributed by atoms with Crippen molar-refractivity contribution in [2.45, 2.75) is 51.1 Å². The summed E-state index contributed by atoms with van der Waals surface area (Å²) in [6.45, 7) is 3.55. The van der Waals surface area contributed by atoms with Gasteiger partial charge >= 0.3 is 12.1 Å². The minimum absolute atomic E-state index is 0.286. The van der Waals surface area contributed by atoms with E-state index in [1.807, 2.05) is 24.3 Å². The lowest BCUT2D eigenvalue weighted by molar-refractivity contribution is -0.214. The van der Waals surface area contributed by atoms with Crippen molar-refractivity contribution in [3.63, 3.8) is 0 Å². The Balaban J connectivity index is 2.04. The highest BCUT2D eigenvalue weighted by atomic mass is 19.4. The van der Waals surface area contributed by atoms with Gasteiger partial charge in [0.15, 0.2) is 0 Å². The summed E-state index contributed by atoms with van der Waals surface area (Å²) in [6.07, 6.45) is -1.85. The Bertz CT molecular complexity index is 841. The summed E-state index contributed by atoms with van der Waals surface area (Å²) in [6, 6.07) is 6.81. The van der Waals surface area contributed by atoms with Gasteiger partial charge in [-0.25, -0.2) is 4.79 Å². The van der Waals surface area contributed by atoms with E-state index < -0.39 is 29.8 Å². The molecule has 0 fully saturated rings. The van der Waals surface area contributed by atoms with Crippen LogP contribution in [-0.2, 0) is 25.5 Å². The molecule has 0 aliphatic carbocycles. The Labute approximate surface area is 172 Å². The van der Waals surface area contributed by atoms with Crippen molar-refractivity contribution < 1.29 is 32.3 Å². The van der Waals surface area contributed by atoms with Crippen molar-refractivity contribution >= 4 is 23.5 Å². The summed E-state index contributed by atoms with van der Waals surface area (Å²) < 4.78 is 41.6. The van der Waals surface area contributed by atoms with E-state index in [2.05, 4.69) is 10.1 Å². The number of rotatable bonds is 7. The largest absolute Gasteiger partial charge is 0.491 e. The molecule has 0 saturated heterocycles. The molecular weight excluding hydrogens is 403 g/mol. The molecule has 0 radical (unpaired) electrons. The van der Waals surface area contributed by atoms with E-state index in [0.717, 1.165) is 17.7 Å². The average molecular weight is 427 g/mol. The Hall–Kier alpha value is -2.88. The number of para-hydroxylation sites is 1. The molecule has 1 aromatic rings. The number of hydrogen-bond donors (Lipinski definition) is 2. The summed E-state index contributed by atoms with van der Waals surface area (Å²) in [5.74, 6) is -3.92. The number of anilines is 1. The maximum Gasteiger partial charge on any atom is 0.491 e. The van der Waals surface area contributed by atoms with Crippen LogP contribution in [0, 0.1) is 0 Å². The predicted molar refractivity (Wildman–Crippen MR) is 103 cm³/mol. The smallest absolute Gasteiger partial charge is 0.428 e. The van der Waals surface area contributed by atoms with Crippen LogP contribution in [-0.4, -0.2) is 42.3 Å². The molecule has 0 spiro atoms. The van der Waals surface area contributed by atoms with Crippen LogP contribution >= 0.6 is 0 Å². The molecule has 164 valence electrons. The molecule has 0 unspecified atom stereocenters. The third-order valence-electron chi connectivity index (χ3n) is 4.80. The molecule has 2 rings (SSSR count). The van der Waals surface area contributed by atoms with Crippen molar-refractivity contribution in [3.8, 4) is 0 Å². The standard InChI is InChI=1S/C20H24F3N3O4/c1-3-14(25-17(28)19(24,4-2)30-18(29)20(21,22)23)9-10-16(27)26-12-11-13-7-5-6-8-15(13)26/h5-10,14H,3-4,11-12,24H2,1-2H3,(H,25,28)/b10-9+/t14-,19-/m0/s1. The number of halogens is 3. The number of carbonyl (C=O) groups excluding carboxylic acids is 3. The molecule has 2 atom stereocenters. The molecule has 0 aromatic heterocycles. The van der Waals surface area contributed by atoms with Gasteiger partial charge in [-0.3, -0.25) is 15.3 Å². The molecule has 0 saturated carbocycles. The zero-order valence-electron chi connectivity index (χ0n) is 16.7. The van der Waals surface area contributed by atoms with Crippen molar-refractivity contribution in [2.75, 3.05) is 11.4 Å². The Morgan fingerprint density at radius 2 is 1.93 bits per heavy atom. The molecule has 0 bridgehead atoms. The normalized spacial score (nSPS) is 16.7. The lowest BCUT2D eigenvalue weighted by atomic mass is 10.1. The highest BCUT2D eigenvalue weighted by Crippen LogP contribution is 2.27. The van der Waals surface area contributed by atoms with E-state index in [1.165, 1.54) is 19.1 Å². The van der Waals surface area contributed by atoms with E-state index in [0.29, 0.717) is 13.0 Å². The van der Waals surface area contributed by atoms with Gasteiger partial charge < -0.3 is 15.0 Å². The van der Waals surface area contributed by atoms with E-state index in [9.17, 15) is 27.6 Å². The Morgan fingerprint density at radius 3 is 2.53 bits per heavy atom. The summed E-state index contributed by atoms with van der Waals surface area (Å²) in [5, 5.41) is 2.41. The maximum atomic E-state index is 12.5. The molecule has 1 aliphatic heterocycles. The number of nitrogens with one attached hydrogen (secondary N) is 1. The lowest BCUT2D eigenvalue weighted by Crippen LogP contribution is -2.59. The third-order valence-corrected chi connectivity index (χ3v) is 4.80. The number of fused-ring (bicyclic) bond motifs is 1. The van der Waals surface area contributed by atoms with Crippen molar-refractivity contribution in [3.05, 3.63) is 42.0 Å². The van der Waals surface area contributed by atoms with Crippen LogP contribution in [0.4, 0.5) is 18.9 Å². The molecule has 1 heterocycles. The van der Waals surface area contributed by atoms with Gasteiger partial charge in [0.1, 0.15) is 0 Å². The van der Waals surface area contributed by atoms with E-state index in [4.69, 9.17) is 5.73 Å². The number of amides is 2. The van der Waals surface area contributed by atoms with Gasteiger partial charge in [-0.15, -0.1) is 0 Å². The van der Waals surface area contributed by atoms with Gasteiger partial charge in [0.2, 0.25) is 5.72 Å². The number of esters is 1. The number of nitrogens with two attached hydrogens (primary N) is 1. The van der Waals surface area contributed by atoms with Crippen molar-refractivity contribution in [2.24, 2.45) is 5.73 Å².